The summed E-state index contributed by atoms with van der Waals surface area (Å²) in [6.07, 6.45) is -0.577. The Balaban J connectivity index is 1.84. The van der Waals surface area contributed by atoms with Crippen molar-refractivity contribution in [2.24, 2.45) is 14.1 Å². The molecule has 0 spiro atoms. The van der Waals surface area contributed by atoms with Crippen molar-refractivity contribution in [1.82, 2.24) is 9.13 Å². The SMILES string of the molecule is Cn1c(=O)n(C)c2cc(NC(=O)Oc3ccccc3)ccc21. The Bertz CT molecular complexity index is 894. The number of aromatic nitrogens is 2. The molecule has 0 aliphatic carbocycles. The first-order valence-electron chi connectivity index (χ1n) is 6.75. The fraction of sp³-hybridized carbons (Fsp3) is 0.125. The van der Waals surface area contributed by atoms with E-state index in [-0.39, 0.29) is 5.69 Å². The topological polar surface area (TPSA) is 65.3 Å². The number of nitrogens with one attached hydrogen (secondary N) is 1. The Hall–Kier alpha value is -3.02. The van der Waals surface area contributed by atoms with Crippen LogP contribution in [0.3, 0.4) is 0 Å². The summed E-state index contributed by atoms with van der Waals surface area (Å²) in [4.78, 5) is 23.7. The summed E-state index contributed by atoms with van der Waals surface area (Å²) in [7, 11) is 3.40. The Morgan fingerprint density at radius 1 is 1.00 bits per heavy atom. The number of imidazole rings is 1. The lowest BCUT2D eigenvalue weighted by Crippen LogP contribution is -2.19. The summed E-state index contributed by atoms with van der Waals surface area (Å²) >= 11 is 0. The van der Waals surface area contributed by atoms with Crippen LogP contribution in [0.5, 0.6) is 5.75 Å². The number of rotatable bonds is 2. The number of carbonyl (C=O) groups is 1. The molecule has 112 valence electrons. The van der Waals surface area contributed by atoms with Crippen LogP contribution < -0.4 is 15.7 Å². The molecule has 1 heterocycles. The average Bonchev–Trinajstić information content (AvgIpc) is 2.73. The minimum Gasteiger partial charge on any atom is -0.410 e. The molecule has 6 nitrogen and oxygen atoms in total. The van der Waals surface area contributed by atoms with E-state index in [0.717, 1.165) is 11.0 Å². The summed E-state index contributed by atoms with van der Waals surface area (Å²) in [6.45, 7) is 0. The molecule has 0 fully saturated rings. The number of nitrogens with zero attached hydrogens (tertiary/aromatic N) is 2. The standard InChI is InChI=1S/C16H15N3O3/c1-18-13-9-8-11(10-14(13)19(2)16(18)21)17-15(20)22-12-6-4-3-5-7-12/h3-10H,1-2H3,(H,17,20). The quantitative estimate of drug-likeness (QED) is 0.790. The maximum atomic E-state index is 11.9. The van der Waals surface area contributed by atoms with Gasteiger partial charge in [-0.3, -0.25) is 14.5 Å². The van der Waals surface area contributed by atoms with Gasteiger partial charge in [-0.25, -0.2) is 9.59 Å². The Morgan fingerprint density at radius 3 is 2.41 bits per heavy atom. The van der Waals surface area contributed by atoms with Gasteiger partial charge in [0, 0.05) is 19.8 Å². The molecule has 0 saturated heterocycles. The van der Waals surface area contributed by atoms with E-state index in [2.05, 4.69) is 5.32 Å². The van der Waals surface area contributed by atoms with Gasteiger partial charge in [0.1, 0.15) is 5.75 Å². The molecule has 0 radical (unpaired) electrons. The fourth-order valence-electron chi connectivity index (χ4n) is 2.32. The van der Waals surface area contributed by atoms with Crippen LogP contribution in [0.15, 0.2) is 53.3 Å². The van der Waals surface area contributed by atoms with Gasteiger partial charge in [0.15, 0.2) is 0 Å². The number of ether oxygens (including phenoxy) is 1. The monoisotopic (exact) mass is 297 g/mol. The second kappa shape index (κ2) is 5.40. The number of fused-ring (bicyclic) bond motifs is 1. The smallest absolute Gasteiger partial charge is 0.410 e. The van der Waals surface area contributed by atoms with Crippen LogP contribution in [0.2, 0.25) is 0 Å². The van der Waals surface area contributed by atoms with Gasteiger partial charge in [-0.15, -0.1) is 0 Å². The van der Waals surface area contributed by atoms with Crippen molar-refractivity contribution in [2.45, 2.75) is 0 Å². The molecule has 0 atom stereocenters. The Labute approximate surface area is 126 Å². The molecule has 0 unspecified atom stereocenters. The van der Waals surface area contributed by atoms with E-state index in [1.807, 2.05) is 6.07 Å². The molecule has 3 aromatic rings. The van der Waals surface area contributed by atoms with Gasteiger partial charge in [0.05, 0.1) is 11.0 Å². The van der Waals surface area contributed by atoms with Crippen LogP contribution in [0.4, 0.5) is 10.5 Å². The Morgan fingerprint density at radius 2 is 1.68 bits per heavy atom. The molecular weight excluding hydrogens is 282 g/mol. The van der Waals surface area contributed by atoms with Crippen molar-refractivity contribution in [1.29, 1.82) is 0 Å². The van der Waals surface area contributed by atoms with E-state index in [0.29, 0.717) is 11.4 Å². The van der Waals surface area contributed by atoms with Crippen LogP contribution in [-0.2, 0) is 14.1 Å². The van der Waals surface area contributed by atoms with Crippen LogP contribution >= 0.6 is 0 Å². The van der Waals surface area contributed by atoms with Crippen molar-refractivity contribution in [3.63, 3.8) is 0 Å². The molecule has 2 aromatic carbocycles. The maximum absolute atomic E-state index is 11.9. The third-order valence-electron chi connectivity index (χ3n) is 3.47. The molecule has 0 saturated carbocycles. The molecule has 1 amide bonds. The second-order valence-electron chi connectivity index (χ2n) is 4.93. The molecule has 22 heavy (non-hydrogen) atoms. The summed E-state index contributed by atoms with van der Waals surface area (Å²) in [5, 5.41) is 2.65. The highest BCUT2D eigenvalue weighted by Gasteiger charge is 2.10. The normalized spacial score (nSPS) is 10.6. The van der Waals surface area contributed by atoms with Gasteiger partial charge in [-0.1, -0.05) is 18.2 Å². The lowest BCUT2D eigenvalue weighted by atomic mass is 10.2. The molecule has 0 aliphatic rings. The lowest BCUT2D eigenvalue weighted by Gasteiger charge is -2.07. The molecular formula is C16H15N3O3. The highest BCUT2D eigenvalue weighted by Crippen LogP contribution is 2.18. The van der Waals surface area contributed by atoms with E-state index in [9.17, 15) is 9.59 Å². The molecule has 3 rings (SSSR count). The second-order valence-corrected chi connectivity index (χ2v) is 4.93. The minimum absolute atomic E-state index is 0.112. The maximum Gasteiger partial charge on any atom is 0.417 e. The fourth-order valence-corrected chi connectivity index (χ4v) is 2.32. The predicted molar refractivity (Wildman–Crippen MR) is 84.2 cm³/mol. The van der Waals surface area contributed by atoms with Gasteiger partial charge >= 0.3 is 11.8 Å². The van der Waals surface area contributed by atoms with Crippen molar-refractivity contribution in [3.05, 3.63) is 59.0 Å². The molecule has 1 aromatic heterocycles. The highest BCUT2D eigenvalue weighted by molar-refractivity contribution is 5.90. The highest BCUT2D eigenvalue weighted by atomic mass is 16.6. The summed E-state index contributed by atoms with van der Waals surface area (Å²) in [5.41, 5.74) is 1.99. The largest absolute Gasteiger partial charge is 0.417 e. The third-order valence-corrected chi connectivity index (χ3v) is 3.47. The average molecular weight is 297 g/mol. The van der Waals surface area contributed by atoms with Gasteiger partial charge < -0.3 is 4.74 Å². The van der Waals surface area contributed by atoms with Crippen LogP contribution in [0, 0.1) is 0 Å². The first-order valence-corrected chi connectivity index (χ1v) is 6.75. The third kappa shape index (κ3) is 2.46. The van der Waals surface area contributed by atoms with E-state index >= 15 is 0 Å². The van der Waals surface area contributed by atoms with E-state index in [1.165, 1.54) is 4.57 Å². The van der Waals surface area contributed by atoms with Crippen molar-refractivity contribution >= 4 is 22.8 Å². The predicted octanol–water partition coefficient (Wildman–Crippen LogP) is 2.49. The number of hydrogen-bond donors (Lipinski definition) is 1. The summed E-state index contributed by atoms with van der Waals surface area (Å²) in [5.74, 6) is 0.466. The number of para-hydroxylation sites is 1. The van der Waals surface area contributed by atoms with Gasteiger partial charge in [-0.2, -0.15) is 0 Å². The first kappa shape index (κ1) is 13.9. The lowest BCUT2D eigenvalue weighted by molar-refractivity contribution is 0.215. The minimum atomic E-state index is -0.577. The van der Waals surface area contributed by atoms with E-state index in [1.54, 1.807) is 61.1 Å². The summed E-state index contributed by atoms with van der Waals surface area (Å²) in [6, 6.07) is 14.1. The molecule has 0 aliphatic heterocycles. The van der Waals surface area contributed by atoms with Gasteiger partial charge in [-0.05, 0) is 30.3 Å². The number of anilines is 1. The Kier molecular flexibility index (Phi) is 3.42. The molecule has 6 heteroatoms. The number of carbonyl (C=O) groups excluding carboxylic acids is 1. The summed E-state index contributed by atoms with van der Waals surface area (Å²) < 4.78 is 8.25. The molecule has 1 N–H and O–H groups in total. The molecule has 0 bridgehead atoms. The van der Waals surface area contributed by atoms with Crippen LogP contribution in [-0.4, -0.2) is 15.2 Å². The van der Waals surface area contributed by atoms with Gasteiger partial charge in [0.2, 0.25) is 0 Å². The van der Waals surface area contributed by atoms with Crippen molar-refractivity contribution in [3.8, 4) is 5.75 Å². The number of hydrogen-bond acceptors (Lipinski definition) is 3. The van der Waals surface area contributed by atoms with Crippen molar-refractivity contribution < 1.29 is 9.53 Å². The van der Waals surface area contributed by atoms with E-state index < -0.39 is 6.09 Å². The zero-order chi connectivity index (χ0) is 15.7. The van der Waals surface area contributed by atoms with Crippen molar-refractivity contribution in [2.75, 3.05) is 5.32 Å². The van der Waals surface area contributed by atoms with E-state index in [4.69, 9.17) is 4.74 Å². The number of aryl methyl sites for hydroxylation is 2. The first-order chi connectivity index (χ1) is 10.6. The van der Waals surface area contributed by atoms with Gasteiger partial charge in [0.25, 0.3) is 0 Å². The van der Waals surface area contributed by atoms with Crippen LogP contribution in [0.1, 0.15) is 0 Å². The van der Waals surface area contributed by atoms with Crippen LogP contribution in [0.25, 0.3) is 11.0 Å². The zero-order valence-electron chi connectivity index (χ0n) is 12.2. The zero-order valence-corrected chi connectivity index (χ0v) is 12.2. The number of amides is 1. The number of benzene rings is 2.